The predicted octanol–water partition coefficient (Wildman–Crippen LogP) is 2.37. The molecule has 4 heteroatoms. The number of ether oxygens (including phenoxy) is 1. The van der Waals surface area contributed by atoms with Crippen molar-refractivity contribution in [3.05, 3.63) is 33.8 Å². The quantitative estimate of drug-likeness (QED) is 0.793. The van der Waals surface area contributed by atoms with Crippen molar-refractivity contribution in [2.24, 2.45) is 0 Å². The van der Waals surface area contributed by atoms with Crippen molar-refractivity contribution >= 4 is 27.7 Å². The monoisotopic (exact) mass is 270 g/mol. The van der Waals surface area contributed by atoms with Gasteiger partial charge >= 0.3 is 5.97 Å². The lowest BCUT2D eigenvalue weighted by atomic mass is 10.1. The third-order valence-corrected chi connectivity index (χ3v) is 2.68. The van der Waals surface area contributed by atoms with Crippen LogP contribution in [0.4, 0.5) is 0 Å². The lowest BCUT2D eigenvalue weighted by Crippen LogP contribution is -2.04. The van der Waals surface area contributed by atoms with Crippen LogP contribution in [0.5, 0.6) is 0 Å². The molecule has 0 fully saturated rings. The maximum Gasteiger partial charge on any atom is 0.337 e. The summed E-state index contributed by atoms with van der Waals surface area (Å²) in [6, 6.07) is 5.06. The van der Waals surface area contributed by atoms with Crippen LogP contribution in [0.3, 0.4) is 0 Å². The lowest BCUT2D eigenvalue weighted by molar-refractivity contribution is -0.116. The van der Waals surface area contributed by atoms with E-state index < -0.39 is 5.97 Å². The normalized spacial score (nSPS) is 9.80. The van der Waals surface area contributed by atoms with Crippen molar-refractivity contribution in [1.82, 2.24) is 0 Å². The minimum atomic E-state index is -0.396. The Kier molecular flexibility index (Phi) is 4.03. The fourth-order valence-electron chi connectivity index (χ4n) is 1.22. The molecular formula is C11H11BrO3. The molecule has 0 bridgehead atoms. The second-order valence-corrected chi connectivity index (χ2v) is 4.03. The van der Waals surface area contributed by atoms with Gasteiger partial charge in [-0.25, -0.2) is 4.79 Å². The maximum absolute atomic E-state index is 11.2. The Balaban J connectivity index is 3.05. The molecule has 0 unspecified atom stereocenters. The van der Waals surface area contributed by atoms with Crippen molar-refractivity contribution in [2.75, 3.05) is 7.11 Å². The molecule has 0 heterocycles. The molecular weight excluding hydrogens is 260 g/mol. The van der Waals surface area contributed by atoms with Crippen LogP contribution >= 0.6 is 15.9 Å². The summed E-state index contributed by atoms with van der Waals surface area (Å²) in [4.78, 5) is 22.2. The predicted molar refractivity (Wildman–Crippen MR) is 59.9 cm³/mol. The van der Waals surface area contributed by atoms with Gasteiger partial charge in [-0.2, -0.15) is 0 Å². The van der Waals surface area contributed by atoms with Crippen LogP contribution < -0.4 is 0 Å². The molecule has 0 aliphatic carbocycles. The number of hydrogen-bond donors (Lipinski definition) is 0. The zero-order valence-corrected chi connectivity index (χ0v) is 10.1. The molecule has 80 valence electrons. The summed E-state index contributed by atoms with van der Waals surface area (Å²) >= 11 is 3.33. The molecule has 3 nitrogen and oxygen atoms in total. The number of ketones is 1. The zero-order valence-electron chi connectivity index (χ0n) is 8.54. The van der Waals surface area contributed by atoms with Crippen LogP contribution in [-0.4, -0.2) is 18.9 Å². The van der Waals surface area contributed by atoms with Gasteiger partial charge in [-0.05, 0) is 30.7 Å². The maximum atomic E-state index is 11.2. The van der Waals surface area contributed by atoms with E-state index in [0.29, 0.717) is 12.0 Å². The molecule has 15 heavy (non-hydrogen) atoms. The van der Waals surface area contributed by atoms with E-state index in [1.54, 1.807) is 18.2 Å². The number of hydrogen-bond acceptors (Lipinski definition) is 3. The van der Waals surface area contributed by atoms with E-state index in [1.165, 1.54) is 14.0 Å². The Morgan fingerprint density at radius 2 is 2.07 bits per heavy atom. The summed E-state index contributed by atoms with van der Waals surface area (Å²) in [6.45, 7) is 1.51. The van der Waals surface area contributed by atoms with E-state index in [1.807, 2.05) is 0 Å². The van der Waals surface area contributed by atoms with Gasteiger partial charge in [0.1, 0.15) is 5.78 Å². The van der Waals surface area contributed by atoms with Crippen LogP contribution in [0.2, 0.25) is 0 Å². The first-order chi connectivity index (χ1) is 7.04. The van der Waals surface area contributed by atoms with E-state index in [9.17, 15) is 9.59 Å². The van der Waals surface area contributed by atoms with E-state index in [-0.39, 0.29) is 5.78 Å². The molecule has 0 atom stereocenters. The highest BCUT2D eigenvalue weighted by Gasteiger charge is 2.09. The fraction of sp³-hybridized carbons (Fsp3) is 0.273. The standard InChI is InChI=1S/C11H11BrO3/c1-7(13)5-9-6-8(11(14)15-2)3-4-10(9)12/h3-4,6H,5H2,1-2H3. The number of esters is 1. The minimum Gasteiger partial charge on any atom is -0.465 e. The lowest BCUT2D eigenvalue weighted by Gasteiger charge is -2.04. The summed E-state index contributed by atoms with van der Waals surface area (Å²) in [7, 11) is 1.33. The summed E-state index contributed by atoms with van der Waals surface area (Å²) < 4.78 is 5.42. The smallest absolute Gasteiger partial charge is 0.337 e. The van der Waals surface area contributed by atoms with Crippen LogP contribution in [0.15, 0.2) is 22.7 Å². The molecule has 1 rings (SSSR count). The first kappa shape index (κ1) is 11.9. The van der Waals surface area contributed by atoms with Gasteiger partial charge in [0.15, 0.2) is 0 Å². The number of rotatable bonds is 3. The fourth-order valence-corrected chi connectivity index (χ4v) is 1.61. The summed E-state index contributed by atoms with van der Waals surface area (Å²) in [5, 5.41) is 0. The molecule has 1 aromatic rings. The van der Waals surface area contributed by atoms with Crippen LogP contribution in [-0.2, 0) is 16.0 Å². The van der Waals surface area contributed by atoms with E-state index in [0.717, 1.165) is 10.0 Å². The molecule has 0 saturated carbocycles. The van der Waals surface area contributed by atoms with Crippen molar-refractivity contribution in [3.63, 3.8) is 0 Å². The van der Waals surface area contributed by atoms with Gasteiger partial charge in [-0.1, -0.05) is 15.9 Å². The average Bonchev–Trinajstić information content (AvgIpc) is 2.19. The topological polar surface area (TPSA) is 43.4 Å². The van der Waals surface area contributed by atoms with E-state index in [4.69, 9.17) is 0 Å². The summed E-state index contributed by atoms with van der Waals surface area (Å²) in [6.07, 6.45) is 0.311. The highest BCUT2D eigenvalue weighted by Crippen LogP contribution is 2.19. The molecule has 0 aliphatic rings. The number of Topliss-reactive ketones (excluding diaryl/α,β-unsaturated/α-hetero) is 1. The molecule has 0 aromatic heterocycles. The molecule has 0 N–H and O–H groups in total. The summed E-state index contributed by atoms with van der Waals surface area (Å²) in [5.41, 5.74) is 1.25. The Labute approximate surface area is 96.6 Å². The number of methoxy groups -OCH3 is 1. The Bertz CT molecular complexity index is 399. The second kappa shape index (κ2) is 5.07. The number of carbonyl (C=O) groups is 2. The summed E-state index contributed by atoms with van der Waals surface area (Å²) in [5.74, 6) is -0.343. The Morgan fingerprint density at radius 3 is 2.60 bits per heavy atom. The first-order valence-electron chi connectivity index (χ1n) is 4.40. The minimum absolute atomic E-state index is 0.0534. The van der Waals surface area contributed by atoms with Crippen molar-refractivity contribution < 1.29 is 14.3 Å². The van der Waals surface area contributed by atoms with Crippen molar-refractivity contribution in [2.45, 2.75) is 13.3 Å². The Hall–Kier alpha value is -1.16. The number of benzene rings is 1. The zero-order chi connectivity index (χ0) is 11.4. The molecule has 0 spiro atoms. The molecule has 0 saturated heterocycles. The van der Waals surface area contributed by atoms with Crippen LogP contribution in [0.1, 0.15) is 22.8 Å². The van der Waals surface area contributed by atoms with Crippen molar-refractivity contribution in [1.29, 1.82) is 0 Å². The molecule has 0 aliphatic heterocycles. The third-order valence-electron chi connectivity index (χ3n) is 1.91. The largest absolute Gasteiger partial charge is 0.465 e. The van der Waals surface area contributed by atoms with Crippen LogP contribution in [0, 0.1) is 0 Å². The highest BCUT2D eigenvalue weighted by molar-refractivity contribution is 9.10. The van der Waals surface area contributed by atoms with Gasteiger partial charge in [0.05, 0.1) is 12.7 Å². The van der Waals surface area contributed by atoms with Crippen LogP contribution in [0.25, 0.3) is 0 Å². The molecule has 1 aromatic carbocycles. The van der Waals surface area contributed by atoms with Gasteiger partial charge in [0.2, 0.25) is 0 Å². The number of halogens is 1. The number of carbonyl (C=O) groups excluding carboxylic acids is 2. The van der Waals surface area contributed by atoms with Gasteiger partial charge in [0.25, 0.3) is 0 Å². The van der Waals surface area contributed by atoms with Gasteiger partial charge in [-0.3, -0.25) is 4.79 Å². The molecule has 0 radical (unpaired) electrons. The van der Waals surface area contributed by atoms with Gasteiger partial charge < -0.3 is 4.74 Å². The van der Waals surface area contributed by atoms with Gasteiger partial charge in [0, 0.05) is 10.9 Å². The van der Waals surface area contributed by atoms with E-state index in [2.05, 4.69) is 20.7 Å². The third kappa shape index (κ3) is 3.16. The SMILES string of the molecule is COC(=O)c1ccc(Br)c(CC(C)=O)c1. The van der Waals surface area contributed by atoms with E-state index >= 15 is 0 Å². The average molecular weight is 271 g/mol. The highest BCUT2D eigenvalue weighted by atomic mass is 79.9. The Morgan fingerprint density at radius 1 is 1.40 bits per heavy atom. The van der Waals surface area contributed by atoms with Gasteiger partial charge in [-0.15, -0.1) is 0 Å². The first-order valence-corrected chi connectivity index (χ1v) is 5.20. The second-order valence-electron chi connectivity index (χ2n) is 3.18. The molecule has 0 amide bonds. The van der Waals surface area contributed by atoms with Crippen molar-refractivity contribution in [3.8, 4) is 0 Å².